The molecule has 120 valence electrons. The lowest BCUT2D eigenvalue weighted by Crippen LogP contribution is -2.49. The molecule has 0 unspecified atom stereocenters. The highest BCUT2D eigenvalue weighted by molar-refractivity contribution is 5.81. The molecule has 5 nitrogen and oxygen atoms in total. The number of amides is 2. The van der Waals surface area contributed by atoms with Gasteiger partial charge in [0.2, 0.25) is 12.3 Å². The Morgan fingerprint density at radius 2 is 1.91 bits per heavy atom. The van der Waals surface area contributed by atoms with Crippen molar-refractivity contribution in [1.82, 2.24) is 9.80 Å². The fourth-order valence-corrected chi connectivity index (χ4v) is 2.17. The Morgan fingerprint density at radius 3 is 2.50 bits per heavy atom. The van der Waals surface area contributed by atoms with Crippen molar-refractivity contribution >= 4 is 18.0 Å². The van der Waals surface area contributed by atoms with Crippen LogP contribution in [0.2, 0.25) is 0 Å². The molecule has 22 heavy (non-hydrogen) atoms. The van der Waals surface area contributed by atoms with Crippen LogP contribution in [-0.4, -0.2) is 54.8 Å². The van der Waals surface area contributed by atoms with Crippen LogP contribution in [0.1, 0.15) is 5.56 Å². The molecule has 1 fully saturated rings. The molecule has 0 aromatic heterocycles. The fraction of sp³-hybridized carbons (Fsp3) is 0.429. The molecular weight excluding hydrogens is 299 g/mol. The summed E-state index contributed by atoms with van der Waals surface area (Å²) in [6, 6.07) is 4.72. The van der Waals surface area contributed by atoms with E-state index in [0.29, 0.717) is 26.2 Å². The molecule has 0 bridgehead atoms. The number of piperazine rings is 1. The first-order valence-electron chi connectivity index (χ1n) is 6.78. The maximum absolute atomic E-state index is 12.6. The lowest BCUT2D eigenvalue weighted by Gasteiger charge is -2.32. The smallest absolute Gasteiger partial charge is 0.376 e. The molecule has 1 aliphatic heterocycles. The first-order valence-corrected chi connectivity index (χ1v) is 6.78. The molecule has 2 amide bonds. The quantitative estimate of drug-likeness (QED) is 0.855. The molecule has 0 radical (unpaired) electrons. The predicted molar refractivity (Wildman–Crippen MR) is 74.2 cm³/mol. The van der Waals surface area contributed by atoms with Gasteiger partial charge in [0.25, 0.3) is 0 Å². The van der Waals surface area contributed by atoms with Crippen molar-refractivity contribution < 1.29 is 22.8 Å². The fourth-order valence-electron chi connectivity index (χ4n) is 2.17. The molecule has 0 saturated carbocycles. The second-order valence-corrected chi connectivity index (χ2v) is 4.95. The number of hydrogen-bond acceptors (Lipinski definition) is 3. The molecule has 0 aliphatic carbocycles. The van der Waals surface area contributed by atoms with Gasteiger partial charge in [-0.05, 0) is 18.2 Å². The van der Waals surface area contributed by atoms with E-state index in [9.17, 15) is 22.8 Å². The summed E-state index contributed by atoms with van der Waals surface area (Å²) in [6.07, 6.45) is -3.67. The standard InChI is InChI=1S/C14H16F3N3O2/c15-14(16,17)11-2-1-3-12(8-11)18-9-13(22)20-6-4-19(10-21)5-7-20/h1-3,8,10,18H,4-7,9H2. The van der Waals surface area contributed by atoms with Crippen molar-refractivity contribution in [2.24, 2.45) is 0 Å². The van der Waals surface area contributed by atoms with Crippen LogP contribution in [0.3, 0.4) is 0 Å². The monoisotopic (exact) mass is 315 g/mol. The number of benzene rings is 1. The van der Waals surface area contributed by atoms with E-state index in [4.69, 9.17) is 0 Å². The Labute approximate surface area is 125 Å². The number of hydrogen-bond donors (Lipinski definition) is 1. The minimum Gasteiger partial charge on any atom is -0.376 e. The second-order valence-electron chi connectivity index (χ2n) is 4.95. The van der Waals surface area contributed by atoms with Crippen molar-refractivity contribution in [2.45, 2.75) is 6.18 Å². The van der Waals surface area contributed by atoms with Gasteiger partial charge < -0.3 is 15.1 Å². The predicted octanol–water partition coefficient (Wildman–Crippen LogP) is 1.42. The van der Waals surface area contributed by atoms with Gasteiger partial charge in [0.15, 0.2) is 0 Å². The van der Waals surface area contributed by atoms with E-state index in [-0.39, 0.29) is 18.1 Å². The number of nitrogens with one attached hydrogen (secondary N) is 1. The van der Waals surface area contributed by atoms with Crippen molar-refractivity contribution in [1.29, 1.82) is 0 Å². The van der Waals surface area contributed by atoms with Crippen molar-refractivity contribution in [2.75, 3.05) is 38.0 Å². The Kier molecular flexibility index (Phi) is 4.89. The Hall–Kier alpha value is -2.25. The minimum atomic E-state index is -4.41. The zero-order valence-corrected chi connectivity index (χ0v) is 11.8. The molecule has 0 spiro atoms. The van der Waals surface area contributed by atoms with Gasteiger partial charge in [0, 0.05) is 31.9 Å². The number of rotatable bonds is 4. The average molecular weight is 315 g/mol. The number of nitrogens with zero attached hydrogens (tertiary/aromatic N) is 2. The van der Waals surface area contributed by atoms with Crippen LogP contribution in [0, 0.1) is 0 Å². The second kappa shape index (κ2) is 6.67. The summed E-state index contributed by atoms with van der Waals surface area (Å²) in [5, 5.41) is 2.71. The molecule has 8 heteroatoms. The summed E-state index contributed by atoms with van der Waals surface area (Å²) >= 11 is 0. The van der Waals surface area contributed by atoms with Gasteiger partial charge in [-0.25, -0.2) is 0 Å². The van der Waals surface area contributed by atoms with Crippen molar-refractivity contribution in [3.63, 3.8) is 0 Å². The third-order valence-corrected chi connectivity index (χ3v) is 3.45. The van der Waals surface area contributed by atoms with Crippen LogP contribution in [-0.2, 0) is 15.8 Å². The largest absolute Gasteiger partial charge is 0.416 e. The van der Waals surface area contributed by atoms with Gasteiger partial charge in [0.05, 0.1) is 12.1 Å². The summed E-state index contributed by atoms with van der Waals surface area (Å²) in [5.74, 6) is -0.206. The Bertz CT molecular complexity index is 540. The van der Waals surface area contributed by atoms with Crippen LogP contribution in [0.5, 0.6) is 0 Å². The summed E-state index contributed by atoms with van der Waals surface area (Å²) < 4.78 is 37.8. The van der Waals surface area contributed by atoms with Crippen LogP contribution < -0.4 is 5.32 Å². The van der Waals surface area contributed by atoms with Crippen molar-refractivity contribution in [3.05, 3.63) is 29.8 Å². The third kappa shape index (κ3) is 4.12. The number of carbonyl (C=O) groups excluding carboxylic acids is 2. The van der Waals surface area contributed by atoms with Crippen molar-refractivity contribution in [3.8, 4) is 0 Å². The van der Waals surface area contributed by atoms with E-state index >= 15 is 0 Å². The van der Waals surface area contributed by atoms with Gasteiger partial charge in [-0.1, -0.05) is 6.07 Å². The van der Waals surface area contributed by atoms with E-state index < -0.39 is 11.7 Å². The Balaban J connectivity index is 1.88. The van der Waals surface area contributed by atoms with E-state index in [2.05, 4.69) is 5.32 Å². The normalized spacial score (nSPS) is 15.6. The average Bonchev–Trinajstić information content (AvgIpc) is 2.52. The van der Waals surface area contributed by atoms with E-state index in [0.717, 1.165) is 18.5 Å². The molecule has 1 aromatic carbocycles. The maximum Gasteiger partial charge on any atom is 0.416 e. The number of halogens is 3. The van der Waals surface area contributed by atoms with E-state index in [1.165, 1.54) is 12.1 Å². The van der Waals surface area contributed by atoms with Gasteiger partial charge in [-0.15, -0.1) is 0 Å². The van der Waals surface area contributed by atoms with Crippen LogP contribution in [0.25, 0.3) is 0 Å². The first kappa shape index (κ1) is 16.1. The highest BCUT2D eigenvalue weighted by Crippen LogP contribution is 2.30. The topological polar surface area (TPSA) is 52.7 Å². The third-order valence-electron chi connectivity index (χ3n) is 3.45. The maximum atomic E-state index is 12.6. The molecule has 1 N–H and O–H groups in total. The van der Waals surface area contributed by atoms with E-state index in [1.807, 2.05) is 0 Å². The molecule has 1 aromatic rings. The molecule has 0 atom stereocenters. The molecule has 1 aliphatic rings. The molecule has 1 saturated heterocycles. The summed E-state index contributed by atoms with van der Waals surface area (Å²) in [6.45, 7) is 1.73. The number of carbonyl (C=O) groups is 2. The van der Waals surface area contributed by atoms with Crippen LogP contribution in [0.15, 0.2) is 24.3 Å². The minimum absolute atomic E-state index is 0.0810. The summed E-state index contributed by atoms with van der Waals surface area (Å²) in [4.78, 5) is 25.7. The van der Waals surface area contributed by atoms with Gasteiger partial charge in [0.1, 0.15) is 0 Å². The number of alkyl halides is 3. The lowest BCUT2D eigenvalue weighted by atomic mass is 10.2. The molecule has 1 heterocycles. The first-order chi connectivity index (χ1) is 10.4. The highest BCUT2D eigenvalue weighted by Gasteiger charge is 2.30. The highest BCUT2D eigenvalue weighted by atomic mass is 19.4. The molecule has 2 rings (SSSR count). The van der Waals surface area contributed by atoms with Gasteiger partial charge >= 0.3 is 6.18 Å². The lowest BCUT2D eigenvalue weighted by molar-refractivity contribution is -0.137. The van der Waals surface area contributed by atoms with Crippen LogP contribution in [0.4, 0.5) is 18.9 Å². The Morgan fingerprint density at radius 1 is 1.23 bits per heavy atom. The zero-order valence-electron chi connectivity index (χ0n) is 11.8. The van der Waals surface area contributed by atoms with Gasteiger partial charge in [-0.3, -0.25) is 9.59 Å². The SMILES string of the molecule is O=CN1CCN(C(=O)CNc2cccc(C(F)(F)F)c2)CC1. The van der Waals surface area contributed by atoms with E-state index in [1.54, 1.807) is 9.80 Å². The van der Waals surface area contributed by atoms with Gasteiger partial charge in [-0.2, -0.15) is 13.2 Å². The summed E-state index contributed by atoms with van der Waals surface area (Å²) in [5.41, 5.74) is -0.515. The summed E-state index contributed by atoms with van der Waals surface area (Å²) in [7, 11) is 0. The van der Waals surface area contributed by atoms with Crippen LogP contribution >= 0.6 is 0 Å². The molecular formula is C14H16F3N3O2. The number of anilines is 1. The zero-order chi connectivity index (χ0) is 16.2.